The van der Waals surface area contributed by atoms with Gasteiger partial charge in [0, 0.05) is 29.7 Å². The van der Waals surface area contributed by atoms with Crippen LogP contribution >= 0.6 is 11.3 Å². The molecule has 8 heteroatoms. The first kappa shape index (κ1) is 19.4. The summed E-state index contributed by atoms with van der Waals surface area (Å²) < 4.78 is 10.6. The van der Waals surface area contributed by atoms with Gasteiger partial charge in [0.15, 0.2) is 5.13 Å². The molecule has 0 spiro atoms. The predicted molar refractivity (Wildman–Crippen MR) is 114 cm³/mol. The predicted octanol–water partition coefficient (Wildman–Crippen LogP) is 3.61. The summed E-state index contributed by atoms with van der Waals surface area (Å²) in [4.78, 5) is 25.1. The number of hydrogen-bond acceptors (Lipinski definition) is 7. The van der Waals surface area contributed by atoms with E-state index in [4.69, 9.17) is 9.47 Å². The molecule has 3 aromatic rings. The normalized spacial score (nSPS) is 13.9. The van der Waals surface area contributed by atoms with Crippen molar-refractivity contribution >= 4 is 28.2 Å². The number of morpholine rings is 1. The highest BCUT2D eigenvalue weighted by atomic mass is 32.1. The van der Waals surface area contributed by atoms with E-state index in [0.717, 1.165) is 35.0 Å². The first-order valence-corrected chi connectivity index (χ1v) is 10.2. The number of aromatic nitrogens is 2. The highest BCUT2D eigenvalue weighted by Gasteiger charge is 2.21. The van der Waals surface area contributed by atoms with Gasteiger partial charge in [0.25, 0.3) is 5.91 Å². The number of carbonyl (C=O) groups excluding carboxylic acids is 1. The summed E-state index contributed by atoms with van der Waals surface area (Å²) in [6.45, 7) is 4.70. The Kier molecular flexibility index (Phi) is 5.73. The first-order valence-electron chi connectivity index (χ1n) is 9.36. The molecule has 1 fully saturated rings. The van der Waals surface area contributed by atoms with E-state index in [1.807, 2.05) is 31.2 Å². The second-order valence-electron chi connectivity index (χ2n) is 6.58. The fraction of sp³-hybridized carbons (Fsp3) is 0.286. The Morgan fingerprint density at radius 2 is 1.97 bits per heavy atom. The van der Waals surface area contributed by atoms with E-state index in [1.54, 1.807) is 25.4 Å². The minimum Gasteiger partial charge on any atom is -0.497 e. The van der Waals surface area contributed by atoms with Gasteiger partial charge in [-0.15, -0.1) is 11.3 Å². The molecule has 0 unspecified atom stereocenters. The van der Waals surface area contributed by atoms with Crippen LogP contribution in [-0.4, -0.2) is 49.3 Å². The average molecular weight is 410 g/mol. The smallest absolute Gasteiger partial charge is 0.261 e. The maximum absolute atomic E-state index is 13.0. The van der Waals surface area contributed by atoms with Crippen molar-refractivity contribution in [1.82, 2.24) is 9.97 Å². The number of nitrogens with zero attached hydrogens (tertiary/aromatic N) is 3. The van der Waals surface area contributed by atoms with Crippen LogP contribution in [-0.2, 0) is 4.74 Å². The molecule has 1 aromatic carbocycles. The molecule has 1 N–H and O–H groups in total. The third-order valence-corrected chi connectivity index (χ3v) is 5.61. The molecule has 1 amide bonds. The molecule has 3 heterocycles. The molecule has 7 nitrogen and oxygen atoms in total. The van der Waals surface area contributed by atoms with E-state index >= 15 is 0 Å². The number of amides is 1. The Bertz CT molecular complexity index is 997. The Labute approximate surface area is 173 Å². The second kappa shape index (κ2) is 8.59. The monoisotopic (exact) mass is 410 g/mol. The van der Waals surface area contributed by atoms with Crippen molar-refractivity contribution in [3.05, 3.63) is 53.0 Å². The SMILES string of the molecule is COc1ccc(-c2nc(NC(=O)c3cccnc3N3CCOCC3)sc2C)cc1. The van der Waals surface area contributed by atoms with Crippen LogP contribution in [0.25, 0.3) is 11.3 Å². The average Bonchev–Trinajstić information content (AvgIpc) is 3.14. The van der Waals surface area contributed by atoms with Crippen LogP contribution in [0.1, 0.15) is 15.2 Å². The lowest BCUT2D eigenvalue weighted by atomic mass is 10.1. The van der Waals surface area contributed by atoms with E-state index in [1.165, 1.54) is 11.3 Å². The number of anilines is 2. The Morgan fingerprint density at radius 3 is 2.69 bits per heavy atom. The van der Waals surface area contributed by atoms with Crippen LogP contribution in [0.2, 0.25) is 0 Å². The molecule has 29 heavy (non-hydrogen) atoms. The minimum absolute atomic E-state index is 0.213. The summed E-state index contributed by atoms with van der Waals surface area (Å²) >= 11 is 1.46. The van der Waals surface area contributed by atoms with Crippen molar-refractivity contribution in [2.45, 2.75) is 6.92 Å². The summed E-state index contributed by atoms with van der Waals surface area (Å²) in [6.07, 6.45) is 1.71. The zero-order valence-corrected chi connectivity index (χ0v) is 17.2. The molecule has 0 aliphatic carbocycles. The number of thiazole rings is 1. The molecule has 4 rings (SSSR count). The summed E-state index contributed by atoms with van der Waals surface area (Å²) in [5.41, 5.74) is 2.37. The Hall–Kier alpha value is -2.97. The number of aryl methyl sites for hydroxylation is 1. The number of methoxy groups -OCH3 is 1. The fourth-order valence-electron chi connectivity index (χ4n) is 3.23. The molecule has 1 saturated heterocycles. The topological polar surface area (TPSA) is 76.6 Å². The summed E-state index contributed by atoms with van der Waals surface area (Å²) in [7, 11) is 1.64. The Morgan fingerprint density at radius 1 is 1.21 bits per heavy atom. The lowest BCUT2D eigenvalue weighted by Gasteiger charge is -2.29. The summed E-state index contributed by atoms with van der Waals surface area (Å²) in [6, 6.07) is 11.3. The van der Waals surface area contributed by atoms with Gasteiger partial charge < -0.3 is 14.4 Å². The van der Waals surface area contributed by atoms with E-state index in [2.05, 4.69) is 20.2 Å². The zero-order valence-electron chi connectivity index (χ0n) is 16.3. The summed E-state index contributed by atoms with van der Waals surface area (Å²) in [5.74, 6) is 1.26. The molecule has 0 saturated carbocycles. The van der Waals surface area contributed by atoms with Crippen molar-refractivity contribution < 1.29 is 14.3 Å². The number of rotatable bonds is 5. The molecule has 0 atom stereocenters. The third-order valence-electron chi connectivity index (χ3n) is 4.72. The summed E-state index contributed by atoms with van der Waals surface area (Å²) in [5, 5.41) is 3.50. The number of carbonyl (C=O) groups is 1. The largest absolute Gasteiger partial charge is 0.497 e. The van der Waals surface area contributed by atoms with Gasteiger partial charge in [-0.25, -0.2) is 9.97 Å². The molecular weight excluding hydrogens is 388 g/mol. The van der Waals surface area contributed by atoms with Gasteiger partial charge in [0.1, 0.15) is 11.6 Å². The molecule has 1 aliphatic heterocycles. The van der Waals surface area contributed by atoms with Crippen LogP contribution < -0.4 is 15.0 Å². The Balaban J connectivity index is 1.55. The van der Waals surface area contributed by atoms with Crippen molar-refractivity contribution in [3.8, 4) is 17.0 Å². The molecule has 0 radical (unpaired) electrons. The standard InChI is InChI=1S/C21H22N4O3S/c1-14-18(15-5-7-16(27-2)8-6-15)23-21(29-14)24-20(26)17-4-3-9-22-19(17)25-10-12-28-13-11-25/h3-9H,10-13H2,1-2H3,(H,23,24,26). The lowest BCUT2D eigenvalue weighted by Crippen LogP contribution is -2.38. The molecular formula is C21H22N4O3S. The molecule has 2 aromatic heterocycles. The van der Waals surface area contributed by atoms with E-state index in [9.17, 15) is 4.79 Å². The van der Waals surface area contributed by atoms with Crippen LogP contribution in [0.4, 0.5) is 10.9 Å². The highest BCUT2D eigenvalue weighted by molar-refractivity contribution is 7.16. The number of nitrogens with one attached hydrogen (secondary N) is 1. The first-order chi connectivity index (χ1) is 14.2. The molecule has 1 aliphatic rings. The number of ether oxygens (including phenoxy) is 2. The van der Waals surface area contributed by atoms with Gasteiger partial charge in [-0.1, -0.05) is 0 Å². The van der Waals surface area contributed by atoms with Crippen molar-refractivity contribution in [3.63, 3.8) is 0 Å². The number of pyridine rings is 1. The number of benzene rings is 1. The second-order valence-corrected chi connectivity index (χ2v) is 7.78. The van der Waals surface area contributed by atoms with Crippen LogP contribution in [0.5, 0.6) is 5.75 Å². The van der Waals surface area contributed by atoms with E-state index < -0.39 is 0 Å². The zero-order chi connectivity index (χ0) is 20.2. The van der Waals surface area contributed by atoms with Gasteiger partial charge >= 0.3 is 0 Å². The van der Waals surface area contributed by atoms with Gasteiger partial charge in [0.05, 0.1) is 31.6 Å². The van der Waals surface area contributed by atoms with Gasteiger partial charge in [-0.3, -0.25) is 10.1 Å². The van der Waals surface area contributed by atoms with Crippen molar-refractivity contribution in [1.29, 1.82) is 0 Å². The maximum atomic E-state index is 13.0. The van der Waals surface area contributed by atoms with Crippen LogP contribution in [0.15, 0.2) is 42.6 Å². The molecule has 0 bridgehead atoms. The van der Waals surface area contributed by atoms with Crippen LogP contribution in [0, 0.1) is 6.92 Å². The van der Waals surface area contributed by atoms with E-state index in [0.29, 0.717) is 29.7 Å². The van der Waals surface area contributed by atoms with Crippen LogP contribution in [0.3, 0.4) is 0 Å². The van der Waals surface area contributed by atoms with Gasteiger partial charge in [-0.05, 0) is 43.3 Å². The number of hydrogen-bond donors (Lipinski definition) is 1. The van der Waals surface area contributed by atoms with Gasteiger partial charge in [-0.2, -0.15) is 0 Å². The van der Waals surface area contributed by atoms with Gasteiger partial charge in [0.2, 0.25) is 0 Å². The molecule has 150 valence electrons. The highest BCUT2D eigenvalue weighted by Crippen LogP contribution is 2.32. The third kappa shape index (κ3) is 4.23. The lowest BCUT2D eigenvalue weighted by molar-refractivity contribution is 0.102. The maximum Gasteiger partial charge on any atom is 0.261 e. The van der Waals surface area contributed by atoms with Crippen molar-refractivity contribution in [2.24, 2.45) is 0 Å². The van der Waals surface area contributed by atoms with E-state index in [-0.39, 0.29) is 5.91 Å². The minimum atomic E-state index is -0.213. The fourth-order valence-corrected chi connectivity index (χ4v) is 4.06. The van der Waals surface area contributed by atoms with Crippen molar-refractivity contribution in [2.75, 3.05) is 43.6 Å². The quantitative estimate of drug-likeness (QED) is 0.692.